The molecule has 84 valence electrons. The van der Waals surface area contributed by atoms with Crippen LogP contribution in [0, 0.1) is 6.92 Å². The molecule has 1 aliphatic rings. The first-order valence-corrected chi connectivity index (χ1v) is 6.01. The molecule has 2 nitrogen and oxygen atoms in total. The van der Waals surface area contributed by atoms with Crippen molar-refractivity contribution in [3.63, 3.8) is 0 Å². The summed E-state index contributed by atoms with van der Waals surface area (Å²) in [6, 6.07) is 4.63. The summed E-state index contributed by atoms with van der Waals surface area (Å²) in [5.74, 6) is 0. The van der Waals surface area contributed by atoms with Crippen LogP contribution in [0.15, 0.2) is 22.8 Å². The van der Waals surface area contributed by atoms with E-state index in [0.717, 1.165) is 28.1 Å². The highest BCUT2D eigenvalue weighted by atomic mass is 35.5. The van der Waals surface area contributed by atoms with Crippen LogP contribution in [0.4, 0.5) is 0 Å². The second-order valence-electron chi connectivity index (χ2n) is 4.52. The van der Waals surface area contributed by atoms with E-state index in [9.17, 15) is 0 Å². The number of hydrogen-bond donors (Lipinski definition) is 1. The number of benzene rings is 1. The maximum Gasteiger partial charge on any atom is 0.137 e. The summed E-state index contributed by atoms with van der Waals surface area (Å²) in [6.07, 6.45) is 4.44. The van der Waals surface area contributed by atoms with Gasteiger partial charge in [-0.15, -0.1) is 0 Å². The van der Waals surface area contributed by atoms with E-state index >= 15 is 0 Å². The molecule has 1 aromatic carbocycles. The zero-order chi connectivity index (χ0) is 11.1. The van der Waals surface area contributed by atoms with Gasteiger partial charge in [0, 0.05) is 28.6 Å². The summed E-state index contributed by atoms with van der Waals surface area (Å²) >= 11 is 6.07. The first-order chi connectivity index (χ1) is 7.74. The van der Waals surface area contributed by atoms with Crippen molar-refractivity contribution in [1.29, 1.82) is 0 Å². The molecule has 1 saturated carbocycles. The normalized spacial score (nSPS) is 15.9. The molecule has 0 aliphatic heterocycles. The maximum atomic E-state index is 6.07. The largest absolute Gasteiger partial charge is 0.464 e. The Hall–Kier alpha value is -0.990. The quantitative estimate of drug-likeness (QED) is 0.879. The monoisotopic (exact) mass is 235 g/mol. The number of nitrogens with one attached hydrogen (secondary N) is 1. The molecule has 0 spiro atoms. The first-order valence-electron chi connectivity index (χ1n) is 5.63. The maximum absolute atomic E-state index is 6.07. The van der Waals surface area contributed by atoms with Crippen LogP contribution in [0.3, 0.4) is 0 Å². The van der Waals surface area contributed by atoms with Gasteiger partial charge in [-0.25, -0.2) is 0 Å². The number of halogens is 1. The number of aryl methyl sites for hydroxylation is 1. The van der Waals surface area contributed by atoms with E-state index < -0.39 is 0 Å². The third-order valence-corrected chi connectivity index (χ3v) is 3.28. The molecule has 0 unspecified atom stereocenters. The highest BCUT2D eigenvalue weighted by Crippen LogP contribution is 2.28. The summed E-state index contributed by atoms with van der Waals surface area (Å²) in [5, 5.41) is 5.40. The summed E-state index contributed by atoms with van der Waals surface area (Å²) in [7, 11) is 0. The standard InChI is InChI=1S/C13H14ClNO/c1-8-4-10(14)5-12-9(7-16-13(8)12)6-15-11-2-3-11/h4-5,7,11,15H,2-3,6H2,1H3. The molecule has 0 radical (unpaired) electrons. The van der Waals surface area contributed by atoms with Gasteiger partial charge in [0.05, 0.1) is 6.26 Å². The molecule has 1 aromatic heterocycles. The van der Waals surface area contributed by atoms with Crippen molar-refractivity contribution in [3.05, 3.63) is 34.5 Å². The second-order valence-corrected chi connectivity index (χ2v) is 4.95. The highest BCUT2D eigenvalue weighted by Gasteiger charge is 2.20. The number of fused-ring (bicyclic) bond motifs is 1. The second kappa shape index (κ2) is 3.79. The first kappa shape index (κ1) is 10.2. The van der Waals surface area contributed by atoms with Crippen molar-refractivity contribution in [2.75, 3.05) is 0 Å². The van der Waals surface area contributed by atoms with E-state index in [1.807, 2.05) is 25.3 Å². The summed E-state index contributed by atoms with van der Waals surface area (Å²) in [6.45, 7) is 2.90. The Kier molecular flexibility index (Phi) is 2.41. The summed E-state index contributed by atoms with van der Waals surface area (Å²) in [5.41, 5.74) is 3.25. The Labute approximate surface area is 99.6 Å². The summed E-state index contributed by atoms with van der Waals surface area (Å²) < 4.78 is 5.59. The van der Waals surface area contributed by atoms with Crippen LogP contribution in [0.25, 0.3) is 11.0 Å². The minimum atomic E-state index is 0.713. The van der Waals surface area contributed by atoms with E-state index in [4.69, 9.17) is 16.0 Å². The van der Waals surface area contributed by atoms with E-state index in [-0.39, 0.29) is 0 Å². The van der Waals surface area contributed by atoms with Gasteiger partial charge in [0.25, 0.3) is 0 Å². The minimum Gasteiger partial charge on any atom is -0.464 e. The van der Waals surface area contributed by atoms with Gasteiger partial charge in [-0.3, -0.25) is 0 Å². The molecule has 3 heteroatoms. The molecule has 0 saturated heterocycles. The number of rotatable bonds is 3. The van der Waals surface area contributed by atoms with E-state index in [1.165, 1.54) is 18.4 Å². The van der Waals surface area contributed by atoms with Crippen molar-refractivity contribution >= 4 is 22.6 Å². The lowest BCUT2D eigenvalue weighted by atomic mass is 10.1. The van der Waals surface area contributed by atoms with Crippen molar-refractivity contribution in [1.82, 2.24) is 5.32 Å². The fraction of sp³-hybridized carbons (Fsp3) is 0.385. The Morgan fingerprint density at radius 2 is 2.25 bits per heavy atom. The summed E-state index contributed by atoms with van der Waals surface area (Å²) in [4.78, 5) is 0. The van der Waals surface area contributed by atoms with Crippen LogP contribution < -0.4 is 5.32 Å². The van der Waals surface area contributed by atoms with Crippen LogP contribution in [-0.4, -0.2) is 6.04 Å². The molecular weight excluding hydrogens is 222 g/mol. The van der Waals surface area contributed by atoms with E-state index in [2.05, 4.69) is 5.32 Å². The lowest BCUT2D eigenvalue weighted by Gasteiger charge is -2.01. The molecule has 1 heterocycles. The Bertz CT molecular complexity index is 528. The molecular formula is C13H14ClNO. The smallest absolute Gasteiger partial charge is 0.137 e. The Morgan fingerprint density at radius 1 is 1.44 bits per heavy atom. The molecule has 0 atom stereocenters. The molecule has 0 bridgehead atoms. The van der Waals surface area contributed by atoms with Crippen molar-refractivity contribution < 1.29 is 4.42 Å². The van der Waals surface area contributed by atoms with Gasteiger partial charge in [0.1, 0.15) is 5.58 Å². The van der Waals surface area contributed by atoms with Gasteiger partial charge in [-0.05, 0) is 37.5 Å². The third-order valence-electron chi connectivity index (χ3n) is 3.06. The zero-order valence-electron chi connectivity index (χ0n) is 9.22. The van der Waals surface area contributed by atoms with E-state index in [0.29, 0.717) is 6.04 Å². The van der Waals surface area contributed by atoms with Gasteiger partial charge in [0.2, 0.25) is 0 Å². The van der Waals surface area contributed by atoms with Crippen molar-refractivity contribution in [3.8, 4) is 0 Å². The predicted molar refractivity (Wildman–Crippen MR) is 65.8 cm³/mol. The van der Waals surface area contributed by atoms with Gasteiger partial charge >= 0.3 is 0 Å². The lowest BCUT2D eigenvalue weighted by Crippen LogP contribution is -2.14. The molecule has 3 rings (SSSR count). The van der Waals surface area contributed by atoms with Crippen LogP contribution in [0.5, 0.6) is 0 Å². The topological polar surface area (TPSA) is 25.2 Å². The van der Waals surface area contributed by atoms with Gasteiger partial charge in [0.15, 0.2) is 0 Å². The zero-order valence-corrected chi connectivity index (χ0v) is 9.97. The molecule has 1 fully saturated rings. The van der Waals surface area contributed by atoms with Gasteiger partial charge in [-0.1, -0.05) is 11.6 Å². The highest BCUT2D eigenvalue weighted by molar-refractivity contribution is 6.31. The van der Waals surface area contributed by atoms with Crippen LogP contribution in [0.2, 0.25) is 5.02 Å². The Morgan fingerprint density at radius 3 is 3.00 bits per heavy atom. The van der Waals surface area contributed by atoms with Gasteiger partial charge < -0.3 is 9.73 Å². The van der Waals surface area contributed by atoms with Gasteiger partial charge in [-0.2, -0.15) is 0 Å². The van der Waals surface area contributed by atoms with Crippen molar-refractivity contribution in [2.24, 2.45) is 0 Å². The fourth-order valence-electron chi connectivity index (χ4n) is 2.00. The van der Waals surface area contributed by atoms with Crippen LogP contribution in [-0.2, 0) is 6.54 Å². The number of hydrogen-bond acceptors (Lipinski definition) is 2. The average molecular weight is 236 g/mol. The Balaban J connectivity index is 1.97. The van der Waals surface area contributed by atoms with Crippen LogP contribution in [0.1, 0.15) is 24.0 Å². The molecule has 1 aliphatic carbocycles. The molecule has 2 aromatic rings. The molecule has 16 heavy (non-hydrogen) atoms. The lowest BCUT2D eigenvalue weighted by molar-refractivity contribution is 0.599. The van der Waals surface area contributed by atoms with E-state index in [1.54, 1.807) is 0 Å². The minimum absolute atomic E-state index is 0.713. The van der Waals surface area contributed by atoms with Crippen molar-refractivity contribution in [2.45, 2.75) is 32.4 Å². The predicted octanol–water partition coefficient (Wildman–Crippen LogP) is 3.65. The third kappa shape index (κ3) is 1.83. The SMILES string of the molecule is Cc1cc(Cl)cc2c(CNC3CC3)coc12. The number of furan rings is 1. The average Bonchev–Trinajstić information content (AvgIpc) is 2.97. The fourth-order valence-corrected chi connectivity index (χ4v) is 2.27. The molecule has 0 amide bonds. The van der Waals surface area contributed by atoms with Crippen LogP contribution >= 0.6 is 11.6 Å². The molecule has 1 N–H and O–H groups in total.